The first-order valence-electron chi connectivity index (χ1n) is 5.63. The Morgan fingerprint density at radius 2 is 2.12 bits per heavy atom. The number of thioether (sulfide) groups is 1. The van der Waals surface area contributed by atoms with Crippen molar-refractivity contribution in [1.29, 1.82) is 0 Å². The Morgan fingerprint density at radius 1 is 1.35 bits per heavy atom. The molecule has 1 amide bonds. The SMILES string of the molecule is O=C(CNCC(F)(F)F)NCC1CCCCS1. The molecular weight excluding hydrogens is 253 g/mol. The maximum atomic E-state index is 11.8. The first-order chi connectivity index (χ1) is 7.97. The molecule has 2 N–H and O–H groups in total. The van der Waals surface area contributed by atoms with E-state index in [-0.39, 0.29) is 12.5 Å². The Hall–Kier alpha value is -0.430. The van der Waals surface area contributed by atoms with Gasteiger partial charge in [-0.15, -0.1) is 0 Å². The largest absolute Gasteiger partial charge is 0.401 e. The van der Waals surface area contributed by atoms with Crippen molar-refractivity contribution in [3.63, 3.8) is 0 Å². The molecule has 1 rings (SSSR count). The topological polar surface area (TPSA) is 41.1 Å². The van der Waals surface area contributed by atoms with Crippen LogP contribution in [-0.2, 0) is 4.79 Å². The predicted molar refractivity (Wildman–Crippen MR) is 62.0 cm³/mol. The first kappa shape index (κ1) is 14.6. The van der Waals surface area contributed by atoms with E-state index in [9.17, 15) is 18.0 Å². The van der Waals surface area contributed by atoms with E-state index in [1.54, 1.807) is 0 Å². The number of amides is 1. The van der Waals surface area contributed by atoms with E-state index < -0.39 is 12.7 Å². The van der Waals surface area contributed by atoms with Crippen molar-refractivity contribution in [2.75, 3.05) is 25.4 Å². The zero-order valence-electron chi connectivity index (χ0n) is 9.48. The van der Waals surface area contributed by atoms with Crippen LogP contribution in [0.5, 0.6) is 0 Å². The minimum atomic E-state index is -4.26. The van der Waals surface area contributed by atoms with Crippen molar-refractivity contribution in [3.8, 4) is 0 Å². The Bertz CT molecular complexity index is 242. The Morgan fingerprint density at radius 3 is 2.71 bits per heavy atom. The molecule has 7 heteroatoms. The Balaban J connectivity index is 2.04. The summed E-state index contributed by atoms with van der Waals surface area (Å²) in [4.78, 5) is 11.2. The van der Waals surface area contributed by atoms with Crippen LogP contribution >= 0.6 is 11.8 Å². The van der Waals surface area contributed by atoms with E-state index in [0.717, 1.165) is 12.2 Å². The first-order valence-corrected chi connectivity index (χ1v) is 6.68. The second-order valence-electron chi connectivity index (χ2n) is 4.01. The van der Waals surface area contributed by atoms with Crippen LogP contribution in [0.15, 0.2) is 0 Å². The fourth-order valence-electron chi connectivity index (χ4n) is 1.58. The monoisotopic (exact) mass is 270 g/mol. The molecule has 17 heavy (non-hydrogen) atoms. The lowest BCUT2D eigenvalue weighted by Gasteiger charge is -2.21. The van der Waals surface area contributed by atoms with Gasteiger partial charge < -0.3 is 10.6 Å². The molecule has 0 aliphatic carbocycles. The highest BCUT2D eigenvalue weighted by molar-refractivity contribution is 7.99. The summed E-state index contributed by atoms with van der Waals surface area (Å²) in [6, 6.07) is 0. The molecule has 1 heterocycles. The summed E-state index contributed by atoms with van der Waals surface area (Å²) in [6.07, 6.45) is -0.817. The highest BCUT2D eigenvalue weighted by atomic mass is 32.2. The van der Waals surface area contributed by atoms with Crippen LogP contribution in [0.2, 0.25) is 0 Å². The molecule has 0 saturated carbocycles. The highest BCUT2D eigenvalue weighted by Gasteiger charge is 2.26. The summed E-state index contributed by atoms with van der Waals surface area (Å²) in [5.74, 6) is 0.729. The van der Waals surface area contributed by atoms with Gasteiger partial charge in [0, 0.05) is 11.8 Å². The third-order valence-corrected chi connectivity index (χ3v) is 3.81. The van der Waals surface area contributed by atoms with E-state index in [1.165, 1.54) is 12.8 Å². The molecule has 1 aliphatic heterocycles. The molecule has 0 aromatic rings. The molecule has 1 aliphatic rings. The average Bonchev–Trinajstić information content (AvgIpc) is 2.26. The van der Waals surface area contributed by atoms with Gasteiger partial charge in [0.05, 0.1) is 13.1 Å². The lowest BCUT2D eigenvalue weighted by Crippen LogP contribution is -2.40. The molecule has 1 fully saturated rings. The zero-order chi connectivity index (χ0) is 12.7. The van der Waals surface area contributed by atoms with Gasteiger partial charge >= 0.3 is 6.18 Å². The molecule has 1 atom stereocenters. The molecule has 0 aromatic heterocycles. The zero-order valence-corrected chi connectivity index (χ0v) is 10.3. The highest BCUT2D eigenvalue weighted by Crippen LogP contribution is 2.24. The van der Waals surface area contributed by atoms with Crippen molar-refractivity contribution in [1.82, 2.24) is 10.6 Å². The normalized spacial score (nSPS) is 21.2. The third kappa shape index (κ3) is 7.49. The van der Waals surface area contributed by atoms with Crippen LogP contribution in [0.4, 0.5) is 13.2 Å². The van der Waals surface area contributed by atoms with Gasteiger partial charge in [-0.2, -0.15) is 24.9 Å². The summed E-state index contributed by atoms with van der Waals surface area (Å²) >= 11 is 1.82. The van der Waals surface area contributed by atoms with Gasteiger partial charge in [-0.1, -0.05) is 6.42 Å². The lowest BCUT2D eigenvalue weighted by molar-refractivity contribution is -0.128. The van der Waals surface area contributed by atoms with E-state index >= 15 is 0 Å². The Labute approximate surface area is 103 Å². The van der Waals surface area contributed by atoms with E-state index in [0.29, 0.717) is 11.8 Å². The number of hydrogen-bond donors (Lipinski definition) is 2. The van der Waals surface area contributed by atoms with Crippen LogP contribution in [-0.4, -0.2) is 42.7 Å². The number of hydrogen-bond acceptors (Lipinski definition) is 3. The standard InChI is InChI=1S/C10H17F3N2OS/c11-10(12,13)7-14-6-9(16)15-5-8-3-1-2-4-17-8/h8,14H,1-7H2,(H,15,16). The molecule has 0 spiro atoms. The summed E-state index contributed by atoms with van der Waals surface area (Å²) in [5, 5.41) is 5.13. The fourth-order valence-corrected chi connectivity index (χ4v) is 2.81. The van der Waals surface area contributed by atoms with Crippen molar-refractivity contribution in [2.24, 2.45) is 0 Å². The van der Waals surface area contributed by atoms with Crippen LogP contribution in [0, 0.1) is 0 Å². The van der Waals surface area contributed by atoms with E-state index in [4.69, 9.17) is 0 Å². The maximum absolute atomic E-state index is 11.8. The van der Waals surface area contributed by atoms with Crippen molar-refractivity contribution in [3.05, 3.63) is 0 Å². The van der Waals surface area contributed by atoms with Gasteiger partial charge in [0.25, 0.3) is 0 Å². The number of halogens is 3. The summed E-state index contributed by atoms with van der Waals surface area (Å²) in [5.41, 5.74) is 0. The quantitative estimate of drug-likeness (QED) is 0.796. The van der Waals surface area contributed by atoms with Gasteiger partial charge in [-0.25, -0.2) is 0 Å². The van der Waals surface area contributed by atoms with Crippen molar-refractivity contribution < 1.29 is 18.0 Å². The molecule has 0 bridgehead atoms. The van der Waals surface area contributed by atoms with Gasteiger partial charge in [0.15, 0.2) is 0 Å². The van der Waals surface area contributed by atoms with Crippen molar-refractivity contribution in [2.45, 2.75) is 30.7 Å². The molecule has 1 unspecified atom stereocenters. The predicted octanol–water partition coefficient (Wildman–Crippen LogP) is 1.54. The average molecular weight is 270 g/mol. The van der Waals surface area contributed by atoms with E-state index in [1.807, 2.05) is 11.8 Å². The van der Waals surface area contributed by atoms with Crippen LogP contribution in [0.3, 0.4) is 0 Å². The molecular formula is C10H17F3N2OS. The molecule has 0 radical (unpaired) electrons. The minimum Gasteiger partial charge on any atom is -0.354 e. The second-order valence-corrected chi connectivity index (χ2v) is 5.42. The van der Waals surface area contributed by atoms with Crippen LogP contribution in [0.1, 0.15) is 19.3 Å². The molecule has 0 aromatic carbocycles. The summed E-state index contributed by atoms with van der Waals surface area (Å²) in [7, 11) is 0. The van der Waals surface area contributed by atoms with Gasteiger partial charge in [0.2, 0.25) is 5.91 Å². The van der Waals surface area contributed by atoms with Gasteiger partial charge in [-0.3, -0.25) is 4.79 Å². The molecule has 3 nitrogen and oxygen atoms in total. The third-order valence-electron chi connectivity index (χ3n) is 2.41. The van der Waals surface area contributed by atoms with Gasteiger partial charge in [-0.05, 0) is 18.6 Å². The fraction of sp³-hybridized carbons (Fsp3) is 0.900. The summed E-state index contributed by atoms with van der Waals surface area (Å²) < 4.78 is 35.4. The van der Waals surface area contributed by atoms with Crippen molar-refractivity contribution >= 4 is 17.7 Å². The number of carbonyl (C=O) groups excluding carboxylic acids is 1. The number of alkyl halides is 3. The molecule has 1 saturated heterocycles. The lowest BCUT2D eigenvalue weighted by atomic mass is 10.2. The summed E-state index contributed by atoms with van der Waals surface area (Å²) in [6.45, 7) is -0.854. The van der Waals surface area contributed by atoms with Gasteiger partial charge in [0.1, 0.15) is 0 Å². The molecule has 100 valence electrons. The smallest absolute Gasteiger partial charge is 0.354 e. The van der Waals surface area contributed by atoms with E-state index in [2.05, 4.69) is 10.6 Å². The maximum Gasteiger partial charge on any atom is 0.401 e. The van der Waals surface area contributed by atoms with Crippen LogP contribution in [0.25, 0.3) is 0 Å². The second kappa shape index (κ2) is 7.10. The number of nitrogens with one attached hydrogen (secondary N) is 2. The van der Waals surface area contributed by atoms with Crippen LogP contribution < -0.4 is 10.6 Å². The number of carbonyl (C=O) groups is 1. The minimum absolute atomic E-state index is 0.281. The Kier molecular flexibility index (Phi) is 6.11. The number of rotatable bonds is 5.